The Morgan fingerprint density at radius 2 is 2.11 bits per heavy atom. The monoisotopic (exact) mass is 271 g/mol. The molecule has 0 spiro atoms. The fraction of sp³-hybridized carbons (Fsp3) is 0.545. The van der Waals surface area contributed by atoms with Gasteiger partial charge in [-0.05, 0) is 27.7 Å². The number of carbonyl (C=O) groups excluding carboxylic acids is 2. The van der Waals surface area contributed by atoms with Crippen molar-refractivity contribution in [2.45, 2.75) is 39.3 Å². The van der Waals surface area contributed by atoms with Crippen LogP contribution in [0.4, 0.5) is 10.6 Å². The molecule has 0 aliphatic heterocycles. The molecule has 100 valence electrons. The average Bonchev–Trinajstić information content (AvgIpc) is 2.67. The lowest BCUT2D eigenvalue weighted by Gasteiger charge is -2.28. The minimum Gasteiger partial charge on any atom is -0.443 e. The standard InChI is InChI=1S/C11H17N3O3S/c1-7(9(12)15)14(8-5-18-6-13-8)10(16)17-11(2,3)4/h5-7H,1-4H3,(H2,12,15)/t7-/m0/s1. The van der Waals surface area contributed by atoms with Crippen molar-refractivity contribution < 1.29 is 14.3 Å². The second-order valence-electron chi connectivity index (χ2n) is 4.78. The Balaban J connectivity index is 2.99. The molecule has 0 radical (unpaired) electrons. The number of anilines is 1. The third kappa shape index (κ3) is 3.69. The number of thiazole rings is 1. The normalized spacial score (nSPS) is 12.9. The van der Waals surface area contributed by atoms with Gasteiger partial charge in [-0.25, -0.2) is 14.7 Å². The molecule has 1 aromatic heterocycles. The van der Waals surface area contributed by atoms with Crippen molar-refractivity contribution in [1.82, 2.24) is 4.98 Å². The summed E-state index contributed by atoms with van der Waals surface area (Å²) in [6.07, 6.45) is -0.639. The van der Waals surface area contributed by atoms with Crippen LogP contribution in [0.5, 0.6) is 0 Å². The minimum atomic E-state index is -0.818. The van der Waals surface area contributed by atoms with Gasteiger partial charge >= 0.3 is 6.09 Å². The van der Waals surface area contributed by atoms with E-state index in [4.69, 9.17) is 10.5 Å². The largest absolute Gasteiger partial charge is 0.443 e. The van der Waals surface area contributed by atoms with Gasteiger partial charge in [-0.3, -0.25) is 4.79 Å². The first-order chi connectivity index (χ1) is 8.22. The molecule has 0 aliphatic rings. The summed E-state index contributed by atoms with van der Waals surface area (Å²) in [5.74, 6) is -0.255. The SMILES string of the molecule is C[C@@H](C(N)=O)N(C(=O)OC(C)(C)C)c1cscn1. The van der Waals surface area contributed by atoms with E-state index >= 15 is 0 Å². The smallest absolute Gasteiger partial charge is 0.416 e. The zero-order valence-corrected chi connectivity index (χ0v) is 11.7. The van der Waals surface area contributed by atoms with Crippen molar-refractivity contribution in [2.24, 2.45) is 5.73 Å². The maximum Gasteiger partial charge on any atom is 0.416 e. The first-order valence-corrected chi connectivity index (χ1v) is 6.36. The van der Waals surface area contributed by atoms with Gasteiger partial charge < -0.3 is 10.5 Å². The van der Waals surface area contributed by atoms with Crippen LogP contribution < -0.4 is 10.6 Å². The summed E-state index contributed by atoms with van der Waals surface area (Å²) in [5.41, 5.74) is 6.15. The van der Waals surface area contributed by atoms with E-state index in [0.29, 0.717) is 5.82 Å². The molecule has 18 heavy (non-hydrogen) atoms. The molecule has 7 heteroatoms. The van der Waals surface area contributed by atoms with Crippen molar-refractivity contribution in [3.63, 3.8) is 0 Å². The number of rotatable bonds is 3. The number of amides is 2. The van der Waals surface area contributed by atoms with Gasteiger partial charge in [-0.15, -0.1) is 11.3 Å². The Morgan fingerprint density at radius 3 is 2.50 bits per heavy atom. The fourth-order valence-electron chi connectivity index (χ4n) is 1.21. The number of carbonyl (C=O) groups is 2. The lowest BCUT2D eigenvalue weighted by molar-refractivity contribution is -0.119. The first kappa shape index (κ1) is 14.4. The highest BCUT2D eigenvalue weighted by molar-refractivity contribution is 7.07. The highest BCUT2D eigenvalue weighted by Crippen LogP contribution is 2.20. The van der Waals surface area contributed by atoms with Crippen LogP contribution in [0.3, 0.4) is 0 Å². The predicted molar refractivity (Wildman–Crippen MR) is 69.5 cm³/mol. The number of hydrogen-bond donors (Lipinski definition) is 1. The van der Waals surface area contributed by atoms with Crippen molar-refractivity contribution in [3.8, 4) is 0 Å². The molecule has 2 amide bonds. The lowest BCUT2D eigenvalue weighted by Crippen LogP contribution is -2.48. The van der Waals surface area contributed by atoms with E-state index < -0.39 is 23.6 Å². The van der Waals surface area contributed by atoms with E-state index in [1.165, 1.54) is 18.3 Å². The van der Waals surface area contributed by atoms with E-state index in [1.807, 2.05) is 0 Å². The van der Waals surface area contributed by atoms with Crippen LogP contribution in [0.25, 0.3) is 0 Å². The molecule has 6 nitrogen and oxygen atoms in total. The van der Waals surface area contributed by atoms with E-state index in [-0.39, 0.29) is 0 Å². The second-order valence-corrected chi connectivity index (χ2v) is 5.49. The minimum absolute atomic E-state index is 0.362. The molecule has 0 unspecified atom stereocenters. The van der Waals surface area contributed by atoms with Crippen LogP contribution in [-0.2, 0) is 9.53 Å². The number of nitrogens with zero attached hydrogens (tertiary/aromatic N) is 2. The second kappa shape index (κ2) is 5.34. The van der Waals surface area contributed by atoms with Crippen molar-refractivity contribution >= 4 is 29.2 Å². The van der Waals surface area contributed by atoms with Gasteiger partial charge in [0.25, 0.3) is 0 Å². The van der Waals surface area contributed by atoms with E-state index in [2.05, 4.69) is 4.98 Å². The van der Waals surface area contributed by atoms with Gasteiger partial charge in [0.15, 0.2) is 0 Å². The fourth-order valence-corrected chi connectivity index (χ4v) is 1.74. The summed E-state index contributed by atoms with van der Waals surface area (Å²) >= 11 is 1.32. The number of ether oxygens (including phenoxy) is 1. The summed E-state index contributed by atoms with van der Waals surface area (Å²) in [7, 11) is 0. The molecule has 1 rings (SSSR count). The van der Waals surface area contributed by atoms with Crippen LogP contribution in [0.2, 0.25) is 0 Å². The molecule has 0 aromatic carbocycles. The Labute approximate surface area is 110 Å². The Bertz CT molecular complexity index is 425. The van der Waals surface area contributed by atoms with Crippen molar-refractivity contribution in [2.75, 3.05) is 4.90 Å². The van der Waals surface area contributed by atoms with Crippen molar-refractivity contribution in [3.05, 3.63) is 10.9 Å². The maximum atomic E-state index is 12.1. The van der Waals surface area contributed by atoms with Gasteiger partial charge in [0.2, 0.25) is 5.91 Å². The molecular formula is C11H17N3O3S. The third-order valence-corrected chi connectivity index (χ3v) is 2.63. The maximum absolute atomic E-state index is 12.1. The molecule has 0 saturated carbocycles. The molecule has 0 fully saturated rings. The van der Waals surface area contributed by atoms with Gasteiger partial charge in [-0.2, -0.15) is 0 Å². The van der Waals surface area contributed by atoms with E-state index in [1.54, 1.807) is 31.7 Å². The van der Waals surface area contributed by atoms with Crippen LogP contribution in [-0.4, -0.2) is 28.6 Å². The molecule has 1 aromatic rings. The van der Waals surface area contributed by atoms with Crippen LogP contribution in [0.15, 0.2) is 10.9 Å². The molecule has 0 saturated heterocycles. The number of nitrogens with two attached hydrogens (primary N) is 1. The summed E-state index contributed by atoms with van der Waals surface area (Å²) < 4.78 is 5.24. The van der Waals surface area contributed by atoms with Crippen LogP contribution in [0, 0.1) is 0 Å². The number of aromatic nitrogens is 1. The molecular weight excluding hydrogens is 254 g/mol. The molecule has 0 bridgehead atoms. The molecule has 2 N–H and O–H groups in total. The van der Waals surface area contributed by atoms with E-state index in [9.17, 15) is 9.59 Å². The topological polar surface area (TPSA) is 85.5 Å². The van der Waals surface area contributed by atoms with Gasteiger partial charge in [0, 0.05) is 5.38 Å². The van der Waals surface area contributed by atoms with Gasteiger partial charge in [0.05, 0.1) is 5.51 Å². The predicted octanol–water partition coefficient (Wildman–Crippen LogP) is 1.76. The first-order valence-electron chi connectivity index (χ1n) is 5.42. The quantitative estimate of drug-likeness (QED) is 0.907. The van der Waals surface area contributed by atoms with Crippen molar-refractivity contribution in [1.29, 1.82) is 0 Å². The summed E-state index contributed by atoms with van der Waals surface area (Å²) in [6, 6.07) is -0.818. The Kier molecular flexibility index (Phi) is 4.28. The average molecular weight is 271 g/mol. The zero-order valence-electron chi connectivity index (χ0n) is 10.8. The number of primary amides is 1. The van der Waals surface area contributed by atoms with Gasteiger partial charge in [-0.1, -0.05) is 0 Å². The Hall–Kier alpha value is -1.63. The highest BCUT2D eigenvalue weighted by Gasteiger charge is 2.31. The van der Waals surface area contributed by atoms with Crippen LogP contribution in [0.1, 0.15) is 27.7 Å². The van der Waals surface area contributed by atoms with Gasteiger partial charge in [0.1, 0.15) is 17.5 Å². The lowest BCUT2D eigenvalue weighted by atomic mass is 10.2. The summed E-state index contributed by atoms with van der Waals surface area (Å²) in [6.45, 7) is 6.78. The van der Waals surface area contributed by atoms with Crippen LogP contribution >= 0.6 is 11.3 Å². The molecule has 0 aliphatic carbocycles. The molecule has 1 heterocycles. The third-order valence-electron chi connectivity index (χ3n) is 2.06. The molecule has 1 atom stereocenters. The van der Waals surface area contributed by atoms with E-state index in [0.717, 1.165) is 4.90 Å². The summed E-state index contributed by atoms with van der Waals surface area (Å²) in [4.78, 5) is 28.5. The highest BCUT2D eigenvalue weighted by atomic mass is 32.1. The number of hydrogen-bond acceptors (Lipinski definition) is 5. The Morgan fingerprint density at radius 1 is 1.50 bits per heavy atom. The zero-order chi connectivity index (χ0) is 13.9. The summed E-state index contributed by atoms with van der Waals surface area (Å²) in [5, 5.41) is 1.66.